The molecule has 0 unspecified atom stereocenters. The zero-order chi connectivity index (χ0) is 54.0. The zero-order valence-electron chi connectivity index (χ0n) is 43.8. The highest BCUT2D eigenvalue weighted by Gasteiger charge is 2.23. The van der Waals surface area contributed by atoms with Crippen LogP contribution in [0.1, 0.15) is 80.6 Å². The van der Waals surface area contributed by atoms with E-state index < -0.39 is 11.6 Å². The van der Waals surface area contributed by atoms with E-state index in [0.717, 1.165) is 82.9 Å². The largest absolute Gasteiger partial charge is 0.451 e. The Hall–Kier alpha value is -7.89. The Balaban J connectivity index is 0.000000148. The first kappa shape index (κ1) is 54.5. The number of aromatic nitrogens is 14. The summed E-state index contributed by atoms with van der Waals surface area (Å²) in [7, 11) is 0. The maximum absolute atomic E-state index is 13.8. The van der Waals surface area contributed by atoms with Crippen LogP contribution in [0.5, 0.6) is 23.0 Å². The summed E-state index contributed by atoms with van der Waals surface area (Å²) >= 11 is 5.75. The van der Waals surface area contributed by atoms with Gasteiger partial charge in [0, 0.05) is 77.7 Å². The third kappa shape index (κ3) is 16.1. The van der Waals surface area contributed by atoms with Crippen molar-refractivity contribution in [2.75, 3.05) is 67.2 Å². The molecular formula is C55H62ClF2N17O4. The summed E-state index contributed by atoms with van der Waals surface area (Å²) in [5.74, 6) is 3.66. The van der Waals surface area contributed by atoms with Gasteiger partial charge in [0.1, 0.15) is 24.3 Å². The number of rotatable bonds is 15. The molecular weight excluding hydrogens is 1040 g/mol. The van der Waals surface area contributed by atoms with Crippen LogP contribution in [-0.4, -0.2) is 134 Å². The average molecular weight is 1100 g/mol. The van der Waals surface area contributed by atoms with Gasteiger partial charge >= 0.3 is 0 Å². The minimum Gasteiger partial charge on any atom is -0.451 e. The van der Waals surface area contributed by atoms with Crippen molar-refractivity contribution >= 4 is 29.4 Å². The second-order valence-corrected chi connectivity index (χ2v) is 19.7. The lowest BCUT2D eigenvalue weighted by molar-refractivity contribution is 0.00384. The molecule has 4 aliphatic heterocycles. The summed E-state index contributed by atoms with van der Waals surface area (Å²) in [5.41, 5.74) is 2.12. The molecule has 24 heteroatoms. The first-order chi connectivity index (χ1) is 38.8. The molecule has 0 aliphatic carbocycles. The lowest BCUT2D eigenvalue weighted by atomic mass is 10.1. The van der Waals surface area contributed by atoms with Crippen LogP contribution in [0.25, 0.3) is 0 Å². The fourth-order valence-corrected chi connectivity index (χ4v) is 9.53. The second kappa shape index (κ2) is 27.6. The van der Waals surface area contributed by atoms with Gasteiger partial charge in [0.05, 0.1) is 62.5 Å². The number of ether oxygens (including phenoxy) is 4. The summed E-state index contributed by atoms with van der Waals surface area (Å²) in [6, 6.07) is 12.5. The minimum atomic E-state index is -0.431. The number of nitrogens with zero attached hydrogens (tertiary/aromatic N) is 17. The molecule has 0 N–H and O–H groups in total. The molecule has 4 fully saturated rings. The Morgan fingerprint density at radius 2 is 0.962 bits per heavy atom. The summed E-state index contributed by atoms with van der Waals surface area (Å²) in [6.45, 7) is 8.14. The number of hydrogen-bond acceptors (Lipinski definition) is 19. The molecule has 12 rings (SSSR count). The third-order valence-corrected chi connectivity index (χ3v) is 13.7. The van der Waals surface area contributed by atoms with Crippen LogP contribution < -0.4 is 24.2 Å². The van der Waals surface area contributed by atoms with Crippen LogP contribution in [-0.2, 0) is 35.4 Å². The highest BCUT2D eigenvalue weighted by Crippen LogP contribution is 2.26. The van der Waals surface area contributed by atoms with Crippen molar-refractivity contribution in [1.29, 1.82) is 0 Å². The predicted octanol–water partition coefficient (Wildman–Crippen LogP) is 8.56. The van der Waals surface area contributed by atoms with Gasteiger partial charge in [0.15, 0.2) is 34.6 Å². The minimum absolute atomic E-state index is 0.141. The molecule has 0 saturated carbocycles. The van der Waals surface area contributed by atoms with Crippen molar-refractivity contribution in [2.24, 2.45) is 0 Å². The van der Waals surface area contributed by atoms with Gasteiger partial charge in [-0.25, -0.2) is 53.6 Å². The molecule has 0 bridgehead atoms. The van der Waals surface area contributed by atoms with Gasteiger partial charge < -0.3 is 33.6 Å². The summed E-state index contributed by atoms with van der Waals surface area (Å²) in [4.78, 5) is 49.3. The summed E-state index contributed by atoms with van der Waals surface area (Å²) in [6.07, 6.45) is 29.4. The molecule has 0 spiro atoms. The molecule has 4 saturated heterocycles. The van der Waals surface area contributed by atoms with Gasteiger partial charge in [-0.1, -0.05) is 24.3 Å². The van der Waals surface area contributed by atoms with Gasteiger partial charge in [0.25, 0.3) is 0 Å². The van der Waals surface area contributed by atoms with Crippen molar-refractivity contribution in [3.8, 4) is 23.0 Å². The monoisotopic (exact) mass is 1100 g/mol. The average Bonchev–Trinajstić information content (AvgIpc) is 4.14. The van der Waals surface area contributed by atoms with Crippen molar-refractivity contribution in [3.05, 3.63) is 150 Å². The first-order valence-corrected chi connectivity index (χ1v) is 27.2. The fourth-order valence-electron chi connectivity index (χ4n) is 9.39. The number of benzene rings is 2. The Labute approximate surface area is 461 Å². The van der Waals surface area contributed by atoms with E-state index in [1.165, 1.54) is 57.0 Å². The molecule has 10 heterocycles. The normalized spacial score (nSPS) is 17.5. The highest BCUT2D eigenvalue weighted by molar-refractivity contribution is 6.28. The molecule has 412 valence electrons. The Morgan fingerprint density at radius 1 is 0.494 bits per heavy atom. The second-order valence-electron chi connectivity index (χ2n) is 19.4. The van der Waals surface area contributed by atoms with Gasteiger partial charge in [-0.05, 0) is 105 Å². The van der Waals surface area contributed by atoms with Gasteiger partial charge in [0.2, 0.25) is 23.1 Å². The van der Waals surface area contributed by atoms with E-state index in [0.29, 0.717) is 66.9 Å². The van der Waals surface area contributed by atoms with Gasteiger partial charge in [-0.15, -0.1) is 0 Å². The standard InChI is InChI=1S/C27H30FN9O2.C15H16FN3O.C13H16ClN5O/c28-23-6-1-2-7-24(23)39-22-15-29-26(30-16-22)35-8-10-36(11-9-35)27-32-19-31-25(34-27)13-20-14-33-37(17-20)18-21-5-3-4-12-38-21;16-13-6-2-3-7-14(13)20-12-10-17-15(18-11-12)19-8-4-1-5-9-19;14-13-16-9-15-12(18-13)5-10-6-17-19(7-10)8-11-3-1-2-4-20-11/h1-2,6-7,14-17,19,21H,3-5,8-13,18H2;2-3,6-7,10-11H,1,4-5,8-9H2;6-7,9,11H,1-5,8H2/t21-;;11-/m0.0/s1. The fraction of sp³-hybridized carbons (Fsp3) is 0.418. The zero-order valence-corrected chi connectivity index (χ0v) is 44.5. The number of hydrogen-bond donors (Lipinski definition) is 0. The molecule has 0 amide bonds. The van der Waals surface area contributed by atoms with Crippen molar-refractivity contribution < 1.29 is 27.7 Å². The van der Waals surface area contributed by atoms with Crippen LogP contribution in [0.2, 0.25) is 5.28 Å². The predicted molar refractivity (Wildman–Crippen MR) is 289 cm³/mol. The highest BCUT2D eigenvalue weighted by atomic mass is 35.5. The van der Waals surface area contributed by atoms with Crippen molar-refractivity contribution in [2.45, 2.75) is 95.9 Å². The smallest absolute Gasteiger partial charge is 0.228 e. The maximum atomic E-state index is 13.8. The molecule has 6 aromatic heterocycles. The van der Waals surface area contributed by atoms with Gasteiger partial charge in [-0.3, -0.25) is 9.36 Å². The molecule has 2 aromatic carbocycles. The molecule has 79 heavy (non-hydrogen) atoms. The van der Waals surface area contributed by atoms with Crippen molar-refractivity contribution in [3.63, 3.8) is 0 Å². The van der Waals surface area contributed by atoms with E-state index in [9.17, 15) is 8.78 Å². The van der Waals surface area contributed by atoms with Crippen LogP contribution in [0.3, 0.4) is 0 Å². The van der Waals surface area contributed by atoms with Crippen LogP contribution in [0.4, 0.5) is 26.6 Å². The SMILES string of the molecule is Clc1ncnc(Cc2cnn(C[C@@H]3CCCCO3)c2)n1.Fc1ccccc1Oc1cnc(N2CCCCC2)nc1.Fc1ccccc1Oc1cnc(N2CCN(c3ncnc(Cc4cnn(C[C@@H]5CCCCO5)c4)n3)CC2)nc1. The quantitative estimate of drug-likeness (QED) is 0.0941. The van der Waals surface area contributed by atoms with E-state index in [4.69, 9.17) is 35.5 Å². The topological polar surface area (TPSA) is 211 Å². The maximum Gasteiger partial charge on any atom is 0.228 e. The number of piperazine rings is 1. The van der Waals surface area contributed by atoms with Crippen LogP contribution in [0, 0.1) is 11.6 Å². The Kier molecular flexibility index (Phi) is 19.0. The lowest BCUT2D eigenvalue weighted by Crippen LogP contribution is -2.47. The number of piperidine rings is 1. The van der Waals surface area contributed by atoms with Crippen molar-refractivity contribution in [1.82, 2.24) is 69.4 Å². The van der Waals surface area contributed by atoms with E-state index >= 15 is 0 Å². The van der Waals surface area contributed by atoms with E-state index in [2.05, 4.69) is 69.8 Å². The van der Waals surface area contributed by atoms with Crippen LogP contribution in [0.15, 0.2) is 111 Å². The number of anilines is 3. The Morgan fingerprint density at radius 3 is 1.44 bits per heavy atom. The molecule has 4 aliphatic rings. The Bertz CT molecular complexity index is 3130. The molecule has 8 aromatic rings. The van der Waals surface area contributed by atoms with Crippen LogP contribution >= 0.6 is 11.6 Å². The number of para-hydroxylation sites is 2. The van der Waals surface area contributed by atoms with E-state index in [-0.39, 0.29) is 29.0 Å². The first-order valence-electron chi connectivity index (χ1n) is 26.8. The van der Waals surface area contributed by atoms with E-state index in [1.807, 2.05) is 34.2 Å². The summed E-state index contributed by atoms with van der Waals surface area (Å²) in [5, 5.41) is 9.08. The number of halogens is 3. The third-order valence-electron chi connectivity index (χ3n) is 13.5. The summed E-state index contributed by atoms with van der Waals surface area (Å²) < 4.78 is 53.7. The molecule has 0 radical (unpaired) electrons. The lowest BCUT2D eigenvalue weighted by Gasteiger charge is -2.34. The van der Waals surface area contributed by atoms with E-state index in [1.54, 1.807) is 67.5 Å². The molecule has 21 nitrogen and oxygen atoms in total. The van der Waals surface area contributed by atoms with Gasteiger partial charge in [-0.2, -0.15) is 15.2 Å². The molecule has 2 atom stereocenters.